The predicted molar refractivity (Wildman–Crippen MR) is 71.6 cm³/mol. The van der Waals surface area contributed by atoms with E-state index in [2.05, 4.69) is 0 Å². The maximum absolute atomic E-state index is 12.7. The molecule has 0 aromatic heterocycles. The number of carbonyl (C=O) groups is 1. The largest absolute Gasteiger partial charge is 0.489 e. The molecule has 0 atom stereocenters. The molecule has 0 aliphatic heterocycles. The predicted octanol–water partition coefficient (Wildman–Crippen LogP) is 3.54. The highest BCUT2D eigenvalue weighted by Gasteiger charge is 2.00. The third-order valence-corrected chi connectivity index (χ3v) is 2.70. The molecule has 0 radical (unpaired) electrons. The van der Waals surface area contributed by atoms with Crippen molar-refractivity contribution in [2.24, 2.45) is 0 Å². The van der Waals surface area contributed by atoms with Crippen LogP contribution in [0, 0.1) is 5.82 Å². The SMILES string of the molecule is CC(=O)Cc1ccc(OCc2ccc(F)cc2)cc1. The fourth-order valence-corrected chi connectivity index (χ4v) is 1.74. The Morgan fingerprint density at radius 1 is 1.00 bits per heavy atom. The van der Waals surface area contributed by atoms with E-state index in [1.807, 2.05) is 24.3 Å². The molecule has 2 aromatic rings. The zero-order valence-electron chi connectivity index (χ0n) is 10.7. The zero-order chi connectivity index (χ0) is 13.7. The summed E-state index contributed by atoms with van der Waals surface area (Å²) in [7, 11) is 0. The van der Waals surface area contributed by atoms with Crippen molar-refractivity contribution in [3.05, 3.63) is 65.5 Å². The summed E-state index contributed by atoms with van der Waals surface area (Å²) >= 11 is 0. The molecule has 0 N–H and O–H groups in total. The number of ketones is 1. The van der Waals surface area contributed by atoms with E-state index in [1.54, 1.807) is 19.1 Å². The van der Waals surface area contributed by atoms with Gasteiger partial charge in [0.1, 0.15) is 24.0 Å². The van der Waals surface area contributed by atoms with Crippen LogP contribution in [0.2, 0.25) is 0 Å². The fraction of sp³-hybridized carbons (Fsp3) is 0.188. The molecule has 19 heavy (non-hydrogen) atoms. The molecule has 0 saturated carbocycles. The van der Waals surface area contributed by atoms with Crippen molar-refractivity contribution in [1.29, 1.82) is 0 Å². The highest BCUT2D eigenvalue weighted by Crippen LogP contribution is 2.15. The van der Waals surface area contributed by atoms with E-state index >= 15 is 0 Å². The molecule has 2 aromatic carbocycles. The van der Waals surface area contributed by atoms with Crippen molar-refractivity contribution in [2.45, 2.75) is 20.0 Å². The van der Waals surface area contributed by atoms with Crippen molar-refractivity contribution in [3.8, 4) is 5.75 Å². The maximum atomic E-state index is 12.7. The molecule has 2 rings (SSSR count). The minimum absolute atomic E-state index is 0.139. The van der Waals surface area contributed by atoms with Crippen molar-refractivity contribution in [1.82, 2.24) is 0 Å². The van der Waals surface area contributed by atoms with E-state index in [4.69, 9.17) is 4.74 Å². The second-order valence-electron chi connectivity index (χ2n) is 4.44. The quantitative estimate of drug-likeness (QED) is 0.820. The summed E-state index contributed by atoms with van der Waals surface area (Å²) in [6.07, 6.45) is 0.443. The Labute approximate surface area is 111 Å². The minimum atomic E-state index is -0.252. The van der Waals surface area contributed by atoms with Gasteiger partial charge in [0.05, 0.1) is 0 Å². The smallest absolute Gasteiger partial charge is 0.134 e. The molecular formula is C16H15FO2. The first kappa shape index (κ1) is 13.3. The van der Waals surface area contributed by atoms with E-state index in [0.717, 1.165) is 16.9 Å². The molecule has 0 spiro atoms. The average molecular weight is 258 g/mol. The summed E-state index contributed by atoms with van der Waals surface area (Å²) in [6.45, 7) is 1.96. The van der Waals surface area contributed by atoms with E-state index in [0.29, 0.717) is 13.0 Å². The third-order valence-electron chi connectivity index (χ3n) is 2.70. The van der Waals surface area contributed by atoms with Crippen LogP contribution in [0.15, 0.2) is 48.5 Å². The number of benzene rings is 2. The number of halogens is 1. The lowest BCUT2D eigenvalue weighted by atomic mass is 10.1. The molecule has 0 aliphatic rings. The van der Waals surface area contributed by atoms with Gasteiger partial charge in [-0.1, -0.05) is 24.3 Å². The van der Waals surface area contributed by atoms with Crippen molar-refractivity contribution < 1.29 is 13.9 Å². The van der Waals surface area contributed by atoms with Gasteiger partial charge in [-0.05, 0) is 42.3 Å². The van der Waals surface area contributed by atoms with Gasteiger partial charge in [0, 0.05) is 6.42 Å². The summed E-state index contributed by atoms with van der Waals surface area (Å²) in [5.74, 6) is 0.619. The minimum Gasteiger partial charge on any atom is -0.489 e. The van der Waals surface area contributed by atoms with Gasteiger partial charge < -0.3 is 4.74 Å². The molecule has 0 saturated heterocycles. The van der Waals surface area contributed by atoms with Gasteiger partial charge in [-0.3, -0.25) is 4.79 Å². The lowest BCUT2D eigenvalue weighted by Gasteiger charge is -2.07. The van der Waals surface area contributed by atoms with Gasteiger partial charge in [0.25, 0.3) is 0 Å². The number of carbonyl (C=O) groups excluding carboxylic acids is 1. The van der Waals surface area contributed by atoms with Crippen LogP contribution in [0.25, 0.3) is 0 Å². The second-order valence-corrected chi connectivity index (χ2v) is 4.44. The number of Topliss-reactive ketones (excluding diaryl/α,β-unsaturated/α-hetero) is 1. The molecule has 0 amide bonds. The van der Waals surface area contributed by atoms with Gasteiger partial charge in [0.15, 0.2) is 0 Å². The molecule has 0 bridgehead atoms. The highest BCUT2D eigenvalue weighted by molar-refractivity contribution is 5.78. The summed E-state index contributed by atoms with van der Waals surface area (Å²) < 4.78 is 18.3. The van der Waals surface area contributed by atoms with E-state index < -0.39 is 0 Å². The molecule has 2 nitrogen and oxygen atoms in total. The Bertz CT molecular complexity index is 544. The van der Waals surface area contributed by atoms with Gasteiger partial charge in [-0.2, -0.15) is 0 Å². The Hall–Kier alpha value is -2.16. The van der Waals surface area contributed by atoms with Crippen LogP contribution in [-0.2, 0) is 17.8 Å². The number of hydrogen-bond donors (Lipinski definition) is 0. The lowest BCUT2D eigenvalue weighted by molar-refractivity contribution is -0.116. The third kappa shape index (κ3) is 4.21. The van der Waals surface area contributed by atoms with Crippen LogP contribution in [0.1, 0.15) is 18.1 Å². The normalized spacial score (nSPS) is 10.2. The standard InChI is InChI=1S/C16H15FO2/c1-12(18)10-13-4-8-16(9-5-13)19-11-14-2-6-15(17)7-3-14/h2-9H,10-11H2,1H3. The van der Waals surface area contributed by atoms with Gasteiger partial charge in [-0.25, -0.2) is 4.39 Å². The van der Waals surface area contributed by atoms with E-state index in [1.165, 1.54) is 12.1 Å². The van der Waals surface area contributed by atoms with Crippen molar-refractivity contribution in [3.63, 3.8) is 0 Å². The molecular weight excluding hydrogens is 243 g/mol. The van der Waals surface area contributed by atoms with Gasteiger partial charge >= 0.3 is 0 Å². The number of ether oxygens (including phenoxy) is 1. The van der Waals surface area contributed by atoms with Crippen LogP contribution >= 0.6 is 0 Å². The van der Waals surface area contributed by atoms with E-state index in [-0.39, 0.29) is 11.6 Å². The van der Waals surface area contributed by atoms with Gasteiger partial charge in [0.2, 0.25) is 0 Å². The summed E-state index contributed by atoms with van der Waals surface area (Å²) in [4.78, 5) is 11.0. The summed E-state index contributed by atoms with van der Waals surface area (Å²) in [5, 5.41) is 0. The van der Waals surface area contributed by atoms with Crippen LogP contribution in [-0.4, -0.2) is 5.78 Å². The lowest BCUT2D eigenvalue weighted by Crippen LogP contribution is -1.98. The highest BCUT2D eigenvalue weighted by atomic mass is 19.1. The van der Waals surface area contributed by atoms with Crippen LogP contribution in [0.5, 0.6) is 5.75 Å². The zero-order valence-corrected chi connectivity index (χ0v) is 10.7. The van der Waals surface area contributed by atoms with E-state index in [9.17, 15) is 9.18 Å². The molecule has 3 heteroatoms. The number of hydrogen-bond acceptors (Lipinski definition) is 2. The Kier molecular flexibility index (Phi) is 4.29. The maximum Gasteiger partial charge on any atom is 0.134 e. The fourth-order valence-electron chi connectivity index (χ4n) is 1.74. The first-order valence-electron chi connectivity index (χ1n) is 6.09. The van der Waals surface area contributed by atoms with Gasteiger partial charge in [-0.15, -0.1) is 0 Å². The monoisotopic (exact) mass is 258 g/mol. The Balaban J connectivity index is 1.92. The molecule has 0 heterocycles. The van der Waals surface area contributed by atoms with Crippen molar-refractivity contribution in [2.75, 3.05) is 0 Å². The van der Waals surface area contributed by atoms with Crippen LogP contribution < -0.4 is 4.74 Å². The summed E-state index contributed by atoms with van der Waals surface area (Å²) in [6, 6.07) is 13.6. The molecule has 0 aliphatic carbocycles. The number of rotatable bonds is 5. The topological polar surface area (TPSA) is 26.3 Å². The first-order valence-corrected chi connectivity index (χ1v) is 6.09. The molecule has 98 valence electrons. The average Bonchev–Trinajstić information content (AvgIpc) is 2.39. The molecule has 0 unspecified atom stereocenters. The molecule has 0 fully saturated rings. The summed E-state index contributed by atoms with van der Waals surface area (Å²) in [5.41, 5.74) is 1.89. The Morgan fingerprint density at radius 2 is 1.58 bits per heavy atom. The second kappa shape index (κ2) is 6.14. The van der Waals surface area contributed by atoms with Crippen LogP contribution in [0.4, 0.5) is 4.39 Å². The van der Waals surface area contributed by atoms with Crippen molar-refractivity contribution >= 4 is 5.78 Å². The Morgan fingerprint density at radius 3 is 2.16 bits per heavy atom. The first-order chi connectivity index (χ1) is 9.13. The van der Waals surface area contributed by atoms with Crippen LogP contribution in [0.3, 0.4) is 0 Å².